The Bertz CT molecular complexity index is 611. The zero-order valence-electron chi connectivity index (χ0n) is 12.1. The van der Waals surface area contributed by atoms with E-state index in [0.29, 0.717) is 23.1 Å². The third-order valence-corrected chi connectivity index (χ3v) is 3.04. The number of hydrogen-bond acceptors (Lipinski definition) is 3. The number of carbonyl (C=O) groups excluding carboxylic acids is 1. The summed E-state index contributed by atoms with van der Waals surface area (Å²) in [4.78, 5) is 16.4. The van der Waals surface area contributed by atoms with Gasteiger partial charge in [-0.25, -0.2) is 4.98 Å². The van der Waals surface area contributed by atoms with Gasteiger partial charge in [-0.05, 0) is 43.7 Å². The molecule has 4 nitrogen and oxygen atoms in total. The Labute approximate surface area is 129 Å². The van der Waals surface area contributed by atoms with Crippen LogP contribution in [0.5, 0.6) is 0 Å². The van der Waals surface area contributed by atoms with Crippen LogP contribution in [0.3, 0.4) is 0 Å². The largest absolute Gasteiger partial charge is 0.368 e. The fourth-order valence-corrected chi connectivity index (χ4v) is 1.94. The monoisotopic (exact) mass is 303 g/mol. The predicted molar refractivity (Wildman–Crippen MR) is 85.6 cm³/mol. The van der Waals surface area contributed by atoms with Crippen LogP contribution in [0.4, 0.5) is 5.82 Å². The van der Waals surface area contributed by atoms with Crippen molar-refractivity contribution in [3.05, 3.63) is 58.7 Å². The number of pyridine rings is 1. The number of nitrogens with zero attached hydrogens (tertiary/aromatic N) is 1. The van der Waals surface area contributed by atoms with Crippen molar-refractivity contribution in [2.45, 2.75) is 26.4 Å². The molecule has 110 valence electrons. The maximum absolute atomic E-state index is 12.1. The van der Waals surface area contributed by atoms with Crippen molar-refractivity contribution >= 4 is 23.3 Å². The Kier molecular flexibility index (Phi) is 5.17. The van der Waals surface area contributed by atoms with Crippen LogP contribution in [0.1, 0.15) is 29.9 Å². The van der Waals surface area contributed by atoms with Crippen molar-refractivity contribution in [2.24, 2.45) is 0 Å². The second kappa shape index (κ2) is 7.09. The first-order chi connectivity index (χ1) is 10.0. The molecule has 2 rings (SSSR count). The van der Waals surface area contributed by atoms with Gasteiger partial charge in [0.1, 0.15) is 11.5 Å². The van der Waals surface area contributed by atoms with Crippen LogP contribution in [0.25, 0.3) is 0 Å². The molecule has 1 amide bonds. The van der Waals surface area contributed by atoms with Gasteiger partial charge in [-0.15, -0.1) is 0 Å². The Balaban J connectivity index is 1.98. The van der Waals surface area contributed by atoms with Crippen molar-refractivity contribution in [2.75, 3.05) is 5.32 Å². The minimum Gasteiger partial charge on any atom is -0.368 e. The molecule has 0 aliphatic heterocycles. The van der Waals surface area contributed by atoms with Gasteiger partial charge in [0.15, 0.2) is 0 Å². The van der Waals surface area contributed by atoms with Gasteiger partial charge in [0.25, 0.3) is 5.91 Å². The van der Waals surface area contributed by atoms with E-state index >= 15 is 0 Å². The number of carbonyl (C=O) groups is 1. The quantitative estimate of drug-likeness (QED) is 0.889. The standard InChI is InChI=1S/C16H18ClN3O/c1-11(2)19-15-5-3-4-14(20-15)16(21)18-10-12-6-8-13(17)9-7-12/h3-9,11H,10H2,1-2H3,(H,18,21)(H,19,20). The molecule has 1 aromatic carbocycles. The van der Waals surface area contributed by atoms with Crippen molar-refractivity contribution in [3.8, 4) is 0 Å². The summed E-state index contributed by atoms with van der Waals surface area (Å²) in [5.74, 6) is 0.501. The summed E-state index contributed by atoms with van der Waals surface area (Å²) in [6, 6.07) is 13.0. The molecule has 1 aromatic heterocycles. The molecule has 2 N–H and O–H groups in total. The molecule has 0 aliphatic rings. The predicted octanol–water partition coefficient (Wildman–Crippen LogP) is 3.49. The van der Waals surface area contributed by atoms with Crippen LogP contribution in [-0.4, -0.2) is 16.9 Å². The normalized spacial score (nSPS) is 10.5. The van der Waals surface area contributed by atoms with Crippen LogP contribution in [0.2, 0.25) is 5.02 Å². The second-order valence-corrected chi connectivity index (χ2v) is 5.45. The van der Waals surface area contributed by atoms with E-state index in [-0.39, 0.29) is 11.9 Å². The zero-order valence-corrected chi connectivity index (χ0v) is 12.8. The summed E-state index contributed by atoms with van der Waals surface area (Å²) in [5, 5.41) is 6.70. The lowest BCUT2D eigenvalue weighted by molar-refractivity contribution is 0.0946. The zero-order chi connectivity index (χ0) is 15.2. The third kappa shape index (κ3) is 4.76. The van der Waals surface area contributed by atoms with Crippen molar-refractivity contribution in [3.63, 3.8) is 0 Å². The molecule has 2 aromatic rings. The van der Waals surface area contributed by atoms with Crippen LogP contribution in [-0.2, 0) is 6.54 Å². The first-order valence-corrected chi connectivity index (χ1v) is 7.18. The molecular formula is C16H18ClN3O. The Morgan fingerprint density at radius 1 is 1.19 bits per heavy atom. The first kappa shape index (κ1) is 15.3. The van der Waals surface area contributed by atoms with E-state index in [4.69, 9.17) is 11.6 Å². The first-order valence-electron chi connectivity index (χ1n) is 6.81. The van der Waals surface area contributed by atoms with E-state index in [9.17, 15) is 4.79 Å². The molecule has 1 heterocycles. The lowest BCUT2D eigenvalue weighted by atomic mass is 10.2. The lowest BCUT2D eigenvalue weighted by Gasteiger charge is -2.10. The lowest BCUT2D eigenvalue weighted by Crippen LogP contribution is -2.24. The maximum Gasteiger partial charge on any atom is 0.270 e. The molecule has 0 saturated heterocycles. The van der Waals surface area contributed by atoms with Crippen LogP contribution >= 0.6 is 11.6 Å². The summed E-state index contributed by atoms with van der Waals surface area (Å²) < 4.78 is 0. The topological polar surface area (TPSA) is 54.0 Å². The fraction of sp³-hybridized carbons (Fsp3) is 0.250. The van der Waals surface area contributed by atoms with Crippen LogP contribution < -0.4 is 10.6 Å². The maximum atomic E-state index is 12.1. The summed E-state index contributed by atoms with van der Waals surface area (Å²) in [6.07, 6.45) is 0. The Morgan fingerprint density at radius 2 is 1.90 bits per heavy atom. The minimum atomic E-state index is -0.197. The van der Waals surface area contributed by atoms with E-state index in [0.717, 1.165) is 5.56 Å². The smallest absolute Gasteiger partial charge is 0.270 e. The molecule has 0 fully saturated rings. The van der Waals surface area contributed by atoms with Crippen LogP contribution in [0, 0.1) is 0 Å². The van der Waals surface area contributed by atoms with Gasteiger partial charge in [-0.2, -0.15) is 0 Å². The van der Waals surface area contributed by atoms with Gasteiger partial charge in [0.05, 0.1) is 0 Å². The van der Waals surface area contributed by atoms with E-state index in [2.05, 4.69) is 15.6 Å². The molecule has 21 heavy (non-hydrogen) atoms. The van der Waals surface area contributed by atoms with Gasteiger partial charge in [-0.3, -0.25) is 4.79 Å². The number of amides is 1. The Morgan fingerprint density at radius 3 is 2.57 bits per heavy atom. The summed E-state index contributed by atoms with van der Waals surface area (Å²) in [5.41, 5.74) is 1.39. The van der Waals surface area contributed by atoms with E-state index in [1.807, 2.05) is 38.1 Å². The van der Waals surface area contributed by atoms with Crippen LogP contribution in [0.15, 0.2) is 42.5 Å². The number of anilines is 1. The van der Waals surface area contributed by atoms with Gasteiger partial charge < -0.3 is 10.6 Å². The molecule has 0 bridgehead atoms. The number of rotatable bonds is 5. The highest BCUT2D eigenvalue weighted by atomic mass is 35.5. The number of nitrogens with one attached hydrogen (secondary N) is 2. The van der Waals surface area contributed by atoms with E-state index in [1.54, 1.807) is 18.2 Å². The third-order valence-electron chi connectivity index (χ3n) is 2.78. The van der Waals surface area contributed by atoms with E-state index < -0.39 is 0 Å². The van der Waals surface area contributed by atoms with Crippen molar-refractivity contribution < 1.29 is 4.79 Å². The van der Waals surface area contributed by atoms with Gasteiger partial charge in [-0.1, -0.05) is 29.8 Å². The van der Waals surface area contributed by atoms with Gasteiger partial charge in [0.2, 0.25) is 0 Å². The highest BCUT2D eigenvalue weighted by molar-refractivity contribution is 6.30. The average Bonchev–Trinajstić information content (AvgIpc) is 2.46. The summed E-state index contributed by atoms with van der Waals surface area (Å²) >= 11 is 5.82. The highest BCUT2D eigenvalue weighted by Crippen LogP contribution is 2.10. The Hall–Kier alpha value is -2.07. The van der Waals surface area contributed by atoms with Crippen molar-refractivity contribution in [1.82, 2.24) is 10.3 Å². The average molecular weight is 304 g/mol. The summed E-state index contributed by atoms with van der Waals surface area (Å²) in [6.45, 7) is 4.49. The molecule has 0 spiro atoms. The highest BCUT2D eigenvalue weighted by Gasteiger charge is 2.08. The fourth-order valence-electron chi connectivity index (χ4n) is 1.81. The molecule has 0 atom stereocenters. The SMILES string of the molecule is CC(C)Nc1cccc(C(=O)NCc2ccc(Cl)cc2)n1. The second-order valence-electron chi connectivity index (χ2n) is 5.02. The van der Waals surface area contributed by atoms with Gasteiger partial charge in [0, 0.05) is 17.6 Å². The molecule has 0 saturated carbocycles. The number of benzene rings is 1. The number of hydrogen-bond donors (Lipinski definition) is 2. The molecule has 0 unspecified atom stereocenters. The minimum absolute atomic E-state index is 0.197. The van der Waals surface area contributed by atoms with Gasteiger partial charge >= 0.3 is 0 Å². The molecule has 5 heteroatoms. The molecular weight excluding hydrogens is 286 g/mol. The molecule has 0 radical (unpaired) electrons. The summed E-state index contributed by atoms with van der Waals surface area (Å²) in [7, 11) is 0. The van der Waals surface area contributed by atoms with E-state index in [1.165, 1.54) is 0 Å². The number of halogens is 1. The number of aromatic nitrogens is 1. The van der Waals surface area contributed by atoms with Crippen molar-refractivity contribution in [1.29, 1.82) is 0 Å². The molecule has 0 aliphatic carbocycles.